The number of carbonyl (C=O) groups excluding carboxylic acids is 1. The van der Waals surface area contributed by atoms with Crippen LogP contribution in [0.3, 0.4) is 0 Å². The Bertz CT molecular complexity index is 1370. The van der Waals surface area contributed by atoms with E-state index in [1.807, 2.05) is 6.92 Å². The van der Waals surface area contributed by atoms with Crippen molar-refractivity contribution in [3.8, 4) is 33.9 Å². The van der Waals surface area contributed by atoms with Gasteiger partial charge in [0.25, 0.3) is 11.6 Å². The van der Waals surface area contributed by atoms with Crippen LogP contribution in [0.25, 0.3) is 22.5 Å². The summed E-state index contributed by atoms with van der Waals surface area (Å²) < 4.78 is 16.4. The number of ether oxygens (including phenoxy) is 2. The molecule has 2 aromatic carbocycles. The Morgan fingerprint density at radius 1 is 1.06 bits per heavy atom. The number of nitrogens with zero attached hydrogens (tertiary/aromatic N) is 1. The van der Waals surface area contributed by atoms with Crippen molar-refractivity contribution in [2.24, 2.45) is 5.73 Å². The number of H-pyrrole nitrogens is 1. The van der Waals surface area contributed by atoms with Crippen LogP contribution in [-0.4, -0.2) is 30.1 Å². The number of hydrogen-bond acceptors (Lipinski definition) is 7. The molecule has 2 aromatic heterocycles. The van der Waals surface area contributed by atoms with Gasteiger partial charge in [0.15, 0.2) is 5.76 Å². The van der Waals surface area contributed by atoms with E-state index in [4.69, 9.17) is 19.6 Å². The number of aryl methyl sites for hydroxylation is 1. The number of oxazole rings is 1. The number of aromatic amines is 1. The van der Waals surface area contributed by atoms with E-state index in [-0.39, 0.29) is 17.1 Å². The SMILES string of the molecule is COc1cc(Nc2ncc(-c3cc(C(N)=O)cc(-c4c(C)cc[nH]c4=O)c3)o2)cc(OC)c1. The first-order valence-electron chi connectivity index (χ1n) is 9.98. The molecule has 0 saturated carbocycles. The minimum Gasteiger partial charge on any atom is -0.497 e. The molecule has 9 heteroatoms. The number of hydrogen-bond donors (Lipinski definition) is 3. The van der Waals surface area contributed by atoms with Crippen LogP contribution in [0.1, 0.15) is 15.9 Å². The highest BCUT2D eigenvalue weighted by molar-refractivity contribution is 5.96. The molecule has 9 nitrogen and oxygen atoms in total. The summed E-state index contributed by atoms with van der Waals surface area (Å²) in [6.45, 7) is 1.82. The van der Waals surface area contributed by atoms with E-state index in [1.54, 1.807) is 62.9 Å². The van der Waals surface area contributed by atoms with E-state index >= 15 is 0 Å². The molecule has 0 radical (unpaired) electrons. The van der Waals surface area contributed by atoms with Crippen molar-refractivity contribution in [3.05, 3.63) is 76.3 Å². The molecule has 0 aliphatic rings. The van der Waals surface area contributed by atoms with E-state index in [0.717, 1.165) is 5.56 Å². The fourth-order valence-corrected chi connectivity index (χ4v) is 3.46. The fraction of sp³-hybridized carbons (Fsp3) is 0.125. The van der Waals surface area contributed by atoms with Gasteiger partial charge in [-0.3, -0.25) is 9.59 Å². The Balaban J connectivity index is 1.73. The van der Waals surface area contributed by atoms with Crippen molar-refractivity contribution in [1.82, 2.24) is 9.97 Å². The minimum atomic E-state index is -0.621. The lowest BCUT2D eigenvalue weighted by Gasteiger charge is -2.09. The zero-order valence-corrected chi connectivity index (χ0v) is 18.3. The summed E-state index contributed by atoms with van der Waals surface area (Å²) in [5.74, 6) is 0.975. The second kappa shape index (κ2) is 8.91. The van der Waals surface area contributed by atoms with Gasteiger partial charge in [0.05, 0.1) is 20.4 Å². The maximum atomic E-state index is 12.4. The van der Waals surface area contributed by atoms with Crippen LogP contribution >= 0.6 is 0 Å². The average molecular weight is 446 g/mol. The number of rotatable bonds is 7. The topological polar surface area (TPSA) is 132 Å². The molecular weight excluding hydrogens is 424 g/mol. The molecular formula is C24H22N4O5. The highest BCUT2D eigenvalue weighted by atomic mass is 16.5. The Morgan fingerprint density at radius 3 is 2.39 bits per heavy atom. The van der Waals surface area contributed by atoms with Gasteiger partial charge in [-0.1, -0.05) is 0 Å². The summed E-state index contributed by atoms with van der Waals surface area (Å²) >= 11 is 0. The first kappa shape index (κ1) is 21.7. The third-order valence-electron chi connectivity index (χ3n) is 5.07. The molecule has 168 valence electrons. The maximum Gasteiger partial charge on any atom is 0.299 e. The van der Waals surface area contributed by atoms with E-state index in [2.05, 4.69) is 15.3 Å². The lowest BCUT2D eigenvalue weighted by molar-refractivity contribution is 0.100. The van der Waals surface area contributed by atoms with Crippen LogP contribution in [0.4, 0.5) is 11.7 Å². The third-order valence-corrected chi connectivity index (χ3v) is 5.07. The largest absolute Gasteiger partial charge is 0.497 e. The number of amides is 1. The minimum absolute atomic E-state index is 0.222. The first-order chi connectivity index (χ1) is 15.9. The van der Waals surface area contributed by atoms with Crippen LogP contribution in [-0.2, 0) is 0 Å². The molecule has 33 heavy (non-hydrogen) atoms. The lowest BCUT2D eigenvalue weighted by atomic mass is 9.97. The van der Waals surface area contributed by atoms with Crippen LogP contribution in [0.15, 0.2) is 64.1 Å². The van der Waals surface area contributed by atoms with Crippen molar-refractivity contribution in [2.75, 3.05) is 19.5 Å². The molecule has 0 fully saturated rings. The van der Waals surface area contributed by atoms with Crippen molar-refractivity contribution < 1.29 is 18.7 Å². The summed E-state index contributed by atoms with van der Waals surface area (Å²) in [5, 5.41) is 3.06. The molecule has 0 aliphatic carbocycles. The van der Waals surface area contributed by atoms with Gasteiger partial charge >= 0.3 is 0 Å². The molecule has 2 heterocycles. The Labute approximate surface area is 189 Å². The van der Waals surface area contributed by atoms with Gasteiger partial charge in [-0.2, -0.15) is 0 Å². The second-order valence-electron chi connectivity index (χ2n) is 7.28. The van der Waals surface area contributed by atoms with Gasteiger partial charge in [-0.05, 0) is 42.3 Å². The van der Waals surface area contributed by atoms with Crippen LogP contribution < -0.4 is 26.1 Å². The van der Waals surface area contributed by atoms with Gasteiger partial charge in [0, 0.05) is 46.8 Å². The predicted molar refractivity (Wildman–Crippen MR) is 124 cm³/mol. The number of methoxy groups -OCH3 is 2. The molecule has 0 aliphatic heterocycles. The molecule has 0 spiro atoms. The molecule has 0 saturated heterocycles. The number of carbonyl (C=O) groups is 1. The highest BCUT2D eigenvalue weighted by Gasteiger charge is 2.15. The predicted octanol–water partition coefficient (Wildman–Crippen LogP) is 3.87. The molecule has 4 rings (SSSR count). The van der Waals surface area contributed by atoms with Crippen molar-refractivity contribution in [1.29, 1.82) is 0 Å². The summed E-state index contributed by atoms with van der Waals surface area (Å²) in [6, 6.07) is 12.2. The number of benzene rings is 2. The van der Waals surface area contributed by atoms with Crippen LogP contribution in [0.5, 0.6) is 11.5 Å². The number of primary amides is 1. The van der Waals surface area contributed by atoms with Gasteiger partial charge < -0.3 is 29.9 Å². The maximum absolute atomic E-state index is 12.4. The van der Waals surface area contributed by atoms with E-state index in [0.29, 0.717) is 39.6 Å². The summed E-state index contributed by atoms with van der Waals surface area (Å²) in [7, 11) is 3.12. The molecule has 0 bridgehead atoms. The van der Waals surface area contributed by atoms with E-state index in [9.17, 15) is 9.59 Å². The first-order valence-corrected chi connectivity index (χ1v) is 9.98. The number of pyridine rings is 1. The average Bonchev–Trinajstić information content (AvgIpc) is 3.27. The van der Waals surface area contributed by atoms with Gasteiger partial charge in [-0.25, -0.2) is 4.98 Å². The standard InChI is InChI=1S/C24H22N4O5/c1-13-4-5-26-23(30)21(13)15-6-14(7-16(8-15)22(25)29)20-12-27-24(33-20)28-17-9-18(31-2)11-19(10-17)32-3/h4-12H,1-3H3,(H2,25,29)(H,26,30)(H,27,28). The van der Waals surface area contributed by atoms with E-state index < -0.39 is 5.91 Å². The molecule has 0 unspecified atom stereocenters. The second-order valence-corrected chi connectivity index (χ2v) is 7.28. The monoisotopic (exact) mass is 446 g/mol. The van der Waals surface area contributed by atoms with Gasteiger partial charge in [0.1, 0.15) is 11.5 Å². The van der Waals surface area contributed by atoms with Crippen LogP contribution in [0.2, 0.25) is 0 Å². The smallest absolute Gasteiger partial charge is 0.299 e. The Hall–Kier alpha value is -4.53. The van der Waals surface area contributed by atoms with Crippen molar-refractivity contribution in [3.63, 3.8) is 0 Å². The molecule has 0 atom stereocenters. The Morgan fingerprint density at radius 2 is 1.76 bits per heavy atom. The lowest BCUT2D eigenvalue weighted by Crippen LogP contribution is -2.13. The normalized spacial score (nSPS) is 10.6. The molecule has 4 aromatic rings. The number of nitrogens with one attached hydrogen (secondary N) is 2. The number of anilines is 2. The van der Waals surface area contributed by atoms with Crippen molar-refractivity contribution in [2.45, 2.75) is 6.92 Å². The summed E-state index contributed by atoms with van der Waals surface area (Å²) in [6.07, 6.45) is 3.09. The van der Waals surface area contributed by atoms with Crippen LogP contribution in [0, 0.1) is 6.92 Å². The summed E-state index contributed by atoms with van der Waals surface area (Å²) in [4.78, 5) is 31.3. The highest BCUT2D eigenvalue weighted by Crippen LogP contribution is 2.32. The third kappa shape index (κ3) is 4.57. The van der Waals surface area contributed by atoms with Crippen molar-refractivity contribution >= 4 is 17.6 Å². The van der Waals surface area contributed by atoms with Gasteiger partial charge in [0.2, 0.25) is 5.91 Å². The number of nitrogens with two attached hydrogens (primary N) is 1. The van der Waals surface area contributed by atoms with Gasteiger partial charge in [-0.15, -0.1) is 0 Å². The zero-order chi connectivity index (χ0) is 23.5. The fourth-order valence-electron chi connectivity index (χ4n) is 3.46. The zero-order valence-electron chi connectivity index (χ0n) is 18.3. The quantitative estimate of drug-likeness (QED) is 0.392. The molecule has 1 amide bonds. The number of aromatic nitrogens is 2. The molecule has 4 N–H and O–H groups in total. The summed E-state index contributed by atoms with van der Waals surface area (Å²) in [5.41, 5.74) is 8.47. The Kier molecular flexibility index (Phi) is 5.86. The van der Waals surface area contributed by atoms with E-state index in [1.165, 1.54) is 6.20 Å².